The van der Waals surface area contributed by atoms with Gasteiger partial charge in [-0.05, 0) is 6.07 Å². The number of hydrogen-bond donors (Lipinski definition) is 1. The van der Waals surface area contributed by atoms with Gasteiger partial charge in [-0.1, -0.05) is 18.2 Å². The van der Waals surface area contributed by atoms with E-state index in [2.05, 4.69) is 0 Å². The molecule has 0 amide bonds. The molecule has 0 saturated heterocycles. The van der Waals surface area contributed by atoms with Gasteiger partial charge in [0, 0.05) is 25.3 Å². The molecule has 1 aromatic carbocycles. The summed E-state index contributed by atoms with van der Waals surface area (Å²) in [5.74, 6) is 0. The van der Waals surface area contributed by atoms with Crippen molar-refractivity contribution in [3.63, 3.8) is 0 Å². The van der Waals surface area contributed by atoms with Gasteiger partial charge in [0.2, 0.25) is 0 Å². The van der Waals surface area contributed by atoms with Gasteiger partial charge in [0.25, 0.3) is 0 Å². The van der Waals surface area contributed by atoms with Crippen LogP contribution < -0.4 is 10.6 Å². The van der Waals surface area contributed by atoms with Crippen LogP contribution in [0.3, 0.4) is 0 Å². The van der Waals surface area contributed by atoms with Gasteiger partial charge in [-0.15, -0.1) is 0 Å². The van der Waals surface area contributed by atoms with Crippen molar-refractivity contribution in [3.8, 4) is 0 Å². The maximum absolute atomic E-state index is 12.4. The molecule has 0 saturated carbocycles. The highest BCUT2D eigenvalue weighted by Gasteiger charge is 2.39. The Kier molecular flexibility index (Phi) is 3.24. The Hall–Kier alpha value is -1.23. The Labute approximate surface area is 86.5 Å². The Morgan fingerprint density at radius 2 is 1.73 bits per heavy atom. The summed E-state index contributed by atoms with van der Waals surface area (Å²) in [6, 6.07) is 4.31. The molecule has 0 spiro atoms. The van der Waals surface area contributed by atoms with Gasteiger partial charge in [0.05, 0.1) is 0 Å². The van der Waals surface area contributed by atoms with Crippen molar-refractivity contribution in [3.05, 3.63) is 29.8 Å². The van der Waals surface area contributed by atoms with Crippen molar-refractivity contribution in [2.45, 2.75) is 12.2 Å². The van der Waals surface area contributed by atoms with Crippen LogP contribution in [0.1, 0.15) is 11.6 Å². The van der Waals surface area contributed by atoms with Crippen molar-refractivity contribution < 1.29 is 13.2 Å². The molecule has 2 nitrogen and oxygen atoms in total. The van der Waals surface area contributed by atoms with E-state index in [1.807, 2.05) is 0 Å². The van der Waals surface area contributed by atoms with Gasteiger partial charge >= 0.3 is 6.18 Å². The minimum absolute atomic E-state index is 0.0926. The van der Waals surface area contributed by atoms with Crippen LogP contribution in [0.25, 0.3) is 0 Å². The monoisotopic (exact) mass is 218 g/mol. The minimum Gasteiger partial charge on any atom is -0.377 e. The predicted molar refractivity (Wildman–Crippen MR) is 53.8 cm³/mol. The summed E-state index contributed by atoms with van der Waals surface area (Å²) < 4.78 is 37.3. The van der Waals surface area contributed by atoms with Crippen molar-refractivity contribution in [1.29, 1.82) is 0 Å². The average Bonchev–Trinajstić information content (AvgIpc) is 2.15. The summed E-state index contributed by atoms with van der Waals surface area (Å²) in [6.07, 6.45) is -4.41. The first kappa shape index (κ1) is 11.8. The summed E-state index contributed by atoms with van der Waals surface area (Å²) in [6.45, 7) is 0. The molecule has 0 aliphatic rings. The van der Waals surface area contributed by atoms with Crippen LogP contribution in [0.2, 0.25) is 0 Å². The first-order chi connectivity index (χ1) is 6.84. The van der Waals surface area contributed by atoms with E-state index in [4.69, 9.17) is 5.73 Å². The number of rotatable bonds is 2. The smallest absolute Gasteiger partial charge is 0.377 e. The molecule has 15 heavy (non-hydrogen) atoms. The van der Waals surface area contributed by atoms with Crippen LogP contribution in [0.4, 0.5) is 18.9 Å². The molecule has 1 rings (SSSR count). The molecule has 0 heterocycles. The summed E-state index contributed by atoms with van der Waals surface area (Å²) in [5, 5.41) is 0. The zero-order valence-corrected chi connectivity index (χ0v) is 8.55. The molecule has 5 heteroatoms. The maximum atomic E-state index is 12.4. The highest BCUT2D eigenvalue weighted by atomic mass is 19.4. The van der Waals surface area contributed by atoms with Gasteiger partial charge in [0.15, 0.2) is 0 Å². The second-order valence-corrected chi connectivity index (χ2v) is 3.47. The molecule has 1 atom stereocenters. The van der Waals surface area contributed by atoms with Gasteiger partial charge < -0.3 is 10.6 Å². The maximum Gasteiger partial charge on any atom is 0.407 e. The van der Waals surface area contributed by atoms with E-state index in [0.29, 0.717) is 5.69 Å². The largest absolute Gasteiger partial charge is 0.407 e. The van der Waals surface area contributed by atoms with E-state index in [1.165, 1.54) is 6.07 Å². The van der Waals surface area contributed by atoms with Crippen LogP contribution in [-0.2, 0) is 0 Å². The molecule has 0 aliphatic carbocycles. The summed E-state index contributed by atoms with van der Waals surface area (Å²) in [4.78, 5) is 1.61. The molecule has 0 fully saturated rings. The number of para-hydroxylation sites is 1. The first-order valence-electron chi connectivity index (χ1n) is 4.42. The van der Waals surface area contributed by atoms with Crippen molar-refractivity contribution in [2.24, 2.45) is 5.73 Å². The molecule has 0 bridgehead atoms. The summed E-state index contributed by atoms with van der Waals surface area (Å²) in [5.41, 5.74) is 5.74. The van der Waals surface area contributed by atoms with Crippen molar-refractivity contribution in [1.82, 2.24) is 0 Å². The number of benzene rings is 1. The molecule has 0 radical (unpaired) electrons. The van der Waals surface area contributed by atoms with Crippen LogP contribution in [0.15, 0.2) is 24.3 Å². The van der Waals surface area contributed by atoms with Crippen molar-refractivity contribution in [2.75, 3.05) is 19.0 Å². The fourth-order valence-corrected chi connectivity index (χ4v) is 1.33. The molecular weight excluding hydrogens is 205 g/mol. The van der Waals surface area contributed by atoms with Gasteiger partial charge in [-0.3, -0.25) is 0 Å². The van der Waals surface area contributed by atoms with Crippen LogP contribution in [-0.4, -0.2) is 20.3 Å². The molecule has 0 aromatic heterocycles. The Morgan fingerprint density at radius 1 is 1.20 bits per heavy atom. The fraction of sp³-hybridized carbons (Fsp3) is 0.400. The van der Waals surface area contributed by atoms with E-state index in [-0.39, 0.29) is 5.56 Å². The van der Waals surface area contributed by atoms with E-state index in [1.54, 1.807) is 37.2 Å². The Morgan fingerprint density at radius 3 is 2.20 bits per heavy atom. The predicted octanol–water partition coefficient (Wildman–Crippen LogP) is 2.31. The van der Waals surface area contributed by atoms with Gasteiger partial charge in [-0.25, -0.2) is 0 Å². The van der Waals surface area contributed by atoms with Gasteiger partial charge in [-0.2, -0.15) is 13.2 Å². The number of anilines is 1. The number of alkyl halides is 3. The normalized spacial score (nSPS) is 13.7. The number of hydrogen-bond acceptors (Lipinski definition) is 2. The number of halogens is 3. The lowest BCUT2D eigenvalue weighted by molar-refractivity contribution is -0.149. The third-order valence-electron chi connectivity index (χ3n) is 2.11. The zero-order chi connectivity index (χ0) is 11.6. The minimum atomic E-state index is -4.41. The zero-order valence-electron chi connectivity index (χ0n) is 8.55. The fourth-order valence-electron chi connectivity index (χ4n) is 1.33. The highest BCUT2D eigenvalue weighted by molar-refractivity contribution is 5.54. The molecular formula is C10H13F3N2. The molecule has 2 N–H and O–H groups in total. The third kappa shape index (κ3) is 2.62. The SMILES string of the molecule is CN(C)c1ccccc1[C@@H](N)C(F)(F)F. The summed E-state index contributed by atoms with van der Waals surface area (Å²) >= 11 is 0. The lowest BCUT2D eigenvalue weighted by Crippen LogP contribution is -2.30. The first-order valence-corrected chi connectivity index (χ1v) is 4.42. The lowest BCUT2D eigenvalue weighted by Gasteiger charge is -2.22. The molecule has 84 valence electrons. The Balaban J connectivity index is 3.14. The van der Waals surface area contributed by atoms with Crippen LogP contribution >= 0.6 is 0 Å². The number of nitrogens with zero attached hydrogens (tertiary/aromatic N) is 1. The average molecular weight is 218 g/mol. The van der Waals surface area contributed by atoms with Gasteiger partial charge in [0.1, 0.15) is 6.04 Å². The quantitative estimate of drug-likeness (QED) is 0.825. The van der Waals surface area contributed by atoms with Crippen LogP contribution in [0.5, 0.6) is 0 Å². The van der Waals surface area contributed by atoms with Crippen molar-refractivity contribution >= 4 is 5.69 Å². The highest BCUT2D eigenvalue weighted by Crippen LogP contribution is 2.34. The summed E-state index contributed by atoms with van der Waals surface area (Å²) in [7, 11) is 3.36. The second-order valence-electron chi connectivity index (χ2n) is 3.47. The molecule has 0 aliphatic heterocycles. The Bertz CT molecular complexity index is 334. The second kappa shape index (κ2) is 4.10. The molecule has 0 unspecified atom stereocenters. The van der Waals surface area contributed by atoms with E-state index in [0.717, 1.165) is 0 Å². The molecule has 1 aromatic rings. The number of nitrogens with two attached hydrogens (primary N) is 1. The topological polar surface area (TPSA) is 29.3 Å². The standard InChI is InChI=1S/C10H13F3N2/c1-15(2)8-6-4-3-5-7(8)9(14)10(11,12)13/h3-6,9H,14H2,1-2H3/t9-/m1/s1. The van der Waals surface area contributed by atoms with E-state index >= 15 is 0 Å². The van der Waals surface area contributed by atoms with Crippen LogP contribution in [0, 0.1) is 0 Å². The van der Waals surface area contributed by atoms with E-state index < -0.39 is 12.2 Å². The lowest BCUT2D eigenvalue weighted by atomic mass is 10.0. The third-order valence-corrected chi connectivity index (χ3v) is 2.11. The van der Waals surface area contributed by atoms with E-state index in [9.17, 15) is 13.2 Å².